The zero-order valence-electron chi connectivity index (χ0n) is 14.5. The third-order valence-corrected chi connectivity index (χ3v) is 4.30. The van der Waals surface area contributed by atoms with E-state index in [1.54, 1.807) is 53.4 Å². The van der Waals surface area contributed by atoms with Gasteiger partial charge in [0.1, 0.15) is 11.5 Å². The van der Waals surface area contributed by atoms with E-state index in [-0.39, 0.29) is 17.6 Å². The van der Waals surface area contributed by atoms with Crippen molar-refractivity contribution < 1.29 is 19.4 Å². The largest absolute Gasteiger partial charge is 0.508 e. The van der Waals surface area contributed by atoms with Crippen molar-refractivity contribution in [3.63, 3.8) is 0 Å². The maximum Gasteiger partial charge on any atom is 0.263 e. The zero-order valence-corrected chi connectivity index (χ0v) is 14.5. The molecule has 1 aromatic carbocycles. The van der Waals surface area contributed by atoms with Crippen molar-refractivity contribution in [1.82, 2.24) is 14.8 Å². The summed E-state index contributed by atoms with van der Waals surface area (Å²) < 4.78 is 5.64. The fraction of sp³-hybridized carbons (Fsp3) is 0.316. The predicted octanol–water partition coefficient (Wildman–Crippen LogP) is 1.54. The van der Waals surface area contributed by atoms with Gasteiger partial charge in [-0.15, -0.1) is 0 Å². The molecule has 2 amide bonds. The first-order chi connectivity index (χ1) is 12.5. The van der Waals surface area contributed by atoms with E-state index in [4.69, 9.17) is 4.74 Å². The quantitative estimate of drug-likeness (QED) is 0.899. The number of pyridine rings is 1. The Balaban J connectivity index is 1.53. The second-order valence-corrected chi connectivity index (χ2v) is 6.11. The summed E-state index contributed by atoms with van der Waals surface area (Å²) in [5.41, 5.74) is 0.601. The number of hydrogen-bond acceptors (Lipinski definition) is 5. The van der Waals surface area contributed by atoms with E-state index in [1.807, 2.05) is 0 Å². The number of hydrogen-bond donors (Lipinski definition) is 1. The molecule has 1 aliphatic heterocycles. The molecule has 0 radical (unpaired) electrons. The number of benzene rings is 1. The number of phenols is 1. The number of carbonyl (C=O) groups is 2. The maximum atomic E-state index is 12.6. The van der Waals surface area contributed by atoms with Crippen LogP contribution in [0.25, 0.3) is 0 Å². The van der Waals surface area contributed by atoms with Gasteiger partial charge in [-0.1, -0.05) is 0 Å². The van der Waals surface area contributed by atoms with Crippen LogP contribution in [-0.2, 0) is 4.79 Å². The molecule has 1 unspecified atom stereocenters. The van der Waals surface area contributed by atoms with Crippen molar-refractivity contribution in [1.29, 1.82) is 0 Å². The fourth-order valence-electron chi connectivity index (χ4n) is 2.84. The normalized spacial score (nSPS) is 15.4. The minimum atomic E-state index is -0.637. The molecule has 26 heavy (non-hydrogen) atoms. The lowest BCUT2D eigenvalue weighted by molar-refractivity contribution is -0.139. The molecule has 2 heterocycles. The molecule has 1 saturated heterocycles. The van der Waals surface area contributed by atoms with E-state index in [2.05, 4.69) is 4.98 Å². The van der Waals surface area contributed by atoms with Gasteiger partial charge in [0.05, 0.1) is 0 Å². The van der Waals surface area contributed by atoms with Gasteiger partial charge in [-0.3, -0.25) is 14.6 Å². The number of amides is 2. The Morgan fingerprint density at radius 2 is 1.58 bits per heavy atom. The van der Waals surface area contributed by atoms with Crippen LogP contribution in [0, 0.1) is 0 Å². The molecule has 136 valence electrons. The molecule has 1 N–H and O–H groups in total. The highest BCUT2D eigenvalue weighted by Gasteiger charge is 2.28. The summed E-state index contributed by atoms with van der Waals surface area (Å²) >= 11 is 0. The summed E-state index contributed by atoms with van der Waals surface area (Å²) in [6, 6.07) is 9.63. The van der Waals surface area contributed by atoms with E-state index >= 15 is 0 Å². The number of carbonyl (C=O) groups excluding carboxylic acids is 2. The molecule has 7 heteroatoms. The smallest absolute Gasteiger partial charge is 0.263 e. The van der Waals surface area contributed by atoms with Crippen LogP contribution in [0.15, 0.2) is 48.8 Å². The second kappa shape index (κ2) is 7.86. The van der Waals surface area contributed by atoms with Crippen molar-refractivity contribution in [2.75, 3.05) is 26.2 Å². The molecule has 1 aromatic heterocycles. The van der Waals surface area contributed by atoms with Crippen LogP contribution in [0.4, 0.5) is 0 Å². The van der Waals surface area contributed by atoms with Crippen LogP contribution < -0.4 is 4.74 Å². The van der Waals surface area contributed by atoms with Gasteiger partial charge in [-0.2, -0.15) is 0 Å². The summed E-state index contributed by atoms with van der Waals surface area (Å²) in [6.45, 7) is 3.61. The molecule has 1 aliphatic rings. The van der Waals surface area contributed by atoms with E-state index in [1.165, 1.54) is 12.1 Å². The Morgan fingerprint density at radius 3 is 2.19 bits per heavy atom. The summed E-state index contributed by atoms with van der Waals surface area (Å²) in [6.07, 6.45) is 2.55. The molecule has 1 atom stereocenters. The van der Waals surface area contributed by atoms with Gasteiger partial charge in [0.2, 0.25) is 0 Å². The third-order valence-electron chi connectivity index (χ3n) is 4.30. The SMILES string of the molecule is CC(Oc1ccc(O)cc1)C(=O)N1CCN(C(=O)c2ccncc2)CC1. The van der Waals surface area contributed by atoms with Gasteiger partial charge in [0.15, 0.2) is 6.10 Å². The highest BCUT2D eigenvalue weighted by molar-refractivity contribution is 5.94. The number of piperazine rings is 1. The first-order valence-corrected chi connectivity index (χ1v) is 8.48. The van der Waals surface area contributed by atoms with E-state index in [9.17, 15) is 14.7 Å². The maximum absolute atomic E-state index is 12.6. The van der Waals surface area contributed by atoms with E-state index in [0.29, 0.717) is 37.5 Å². The molecule has 7 nitrogen and oxygen atoms in total. The topological polar surface area (TPSA) is 83.0 Å². The average Bonchev–Trinajstić information content (AvgIpc) is 2.69. The number of rotatable bonds is 4. The molecule has 0 saturated carbocycles. The molecular formula is C19H21N3O4. The molecule has 0 bridgehead atoms. The van der Waals surface area contributed by atoms with Gasteiger partial charge in [-0.05, 0) is 43.3 Å². The Kier molecular flexibility index (Phi) is 5.36. The first kappa shape index (κ1) is 17.7. The Bertz CT molecular complexity index is 756. The number of nitrogens with zero attached hydrogens (tertiary/aromatic N) is 3. The first-order valence-electron chi connectivity index (χ1n) is 8.48. The minimum absolute atomic E-state index is 0.0482. The summed E-state index contributed by atoms with van der Waals surface area (Å²) in [4.78, 5) is 32.3. The van der Waals surface area contributed by atoms with Gasteiger partial charge in [0.25, 0.3) is 11.8 Å². The molecule has 0 aliphatic carbocycles. The predicted molar refractivity (Wildman–Crippen MR) is 94.9 cm³/mol. The highest BCUT2D eigenvalue weighted by Crippen LogP contribution is 2.18. The van der Waals surface area contributed by atoms with Crippen LogP contribution in [-0.4, -0.2) is 64.0 Å². The standard InChI is InChI=1S/C19H21N3O4/c1-14(26-17-4-2-16(23)3-5-17)18(24)21-10-12-22(13-11-21)19(25)15-6-8-20-9-7-15/h2-9,14,23H,10-13H2,1H3. The second-order valence-electron chi connectivity index (χ2n) is 6.11. The Hall–Kier alpha value is -3.09. The number of ether oxygens (including phenoxy) is 1. The molecule has 0 spiro atoms. The van der Waals surface area contributed by atoms with Crippen molar-refractivity contribution in [2.45, 2.75) is 13.0 Å². The van der Waals surface area contributed by atoms with Gasteiger partial charge < -0.3 is 19.6 Å². The monoisotopic (exact) mass is 355 g/mol. The van der Waals surface area contributed by atoms with Gasteiger partial charge in [-0.25, -0.2) is 0 Å². The van der Waals surface area contributed by atoms with E-state index < -0.39 is 6.10 Å². The lowest BCUT2D eigenvalue weighted by atomic mass is 10.2. The molecule has 3 rings (SSSR count). The van der Waals surface area contributed by atoms with Crippen LogP contribution in [0.2, 0.25) is 0 Å². The summed E-state index contributed by atoms with van der Waals surface area (Å²) in [7, 11) is 0. The summed E-state index contributed by atoms with van der Waals surface area (Å²) in [5, 5.41) is 9.29. The molecule has 1 fully saturated rings. The highest BCUT2D eigenvalue weighted by atomic mass is 16.5. The van der Waals surface area contributed by atoms with Crippen LogP contribution in [0.3, 0.4) is 0 Å². The van der Waals surface area contributed by atoms with Crippen LogP contribution in [0.1, 0.15) is 17.3 Å². The fourth-order valence-corrected chi connectivity index (χ4v) is 2.84. The molecular weight excluding hydrogens is 334 g/mol. The lowest BCUT2D eigenvalue weighted by Crippen LogP contribution is -2.53. The van der Waals surface area contributed by atoms with Crippen molar-refractivity contribution in [3.8, 4) is 11.5 Å². The number of aromatic nitrogens is 1. The number of phenolic OH excluding ortho intramolecular Hbond substituents is 1. The Labute approximate surface area is 151 Å². The minimum Gasteiger partial charge on any atom is -0.508 e. The van der Waals surface area contributed by atoms with Crippen LogP contribution >= 0.6 is 0 Å². The average molecular weight is 355 g/mol. The van der Waals surface area contributed by atoms with Gasteiger partial charge in [0, 0.05) is 44.1 Å². The third kappa shape index (κ3) is 4.11. The van der Waals surface area contributed by atoms with Gasteiger partial charge >= 0.3 is 0 Å². The molecule has 2 aromatic rings. The van der Waals surface area contributed by atoms with Crippen molar-refractivity contribution >= 4 is 11.8 Å². The zero-order chi connectivity index (χ0) is 18.5. The lowest BCUT2D eigenvalue weighted by Gasteiger charge is -2.35. The van der Waals surface area contributed by atoms with Crippen molar-refractivity contribution in [3.05, 3.63) is 54.4 Å². The summed E-state index contributed by atoms with van der Waals surface area (Å²) in [5.74, 6) is 0.503. The number of aromatic hydroxyl groups is 1. The van der Waals surface area contributed by atoms with Crippen molar-refractivity contribution in [2.24, 2.45) is 0 Å². The van der Waals surface area contributed by atoms with E-state index in [0.717, 1.165) is 0 Å². The Morgan fingerprint density at radius 1 is 1.00 bits per heavy atom. The van der Waals surface area contributed by atoms with Crippen LogP contribution in [0.5, 0.6) is 11.5 Å².